The van der Waals surface area contributed by atoms with E-state index < -0.39 is 0 Å². The summed E-state index contributed by atoms with van der Waals surface area (Å²) in [4.78, 5) is 0. The second-order valence-corrected chi connectivity index (χ2v) is 3.40. The van der Waals surface area contributed by atoms with Gasteiger partial charge in [0.1, 0.15) is 0 Å². The van der Waals surface area contributed by atoms with Gasteiger partial charge in [-0.05, 0) is 12.5 Å². The van der Waals surface area contributed by atoms with Crippen molar-refractivity contribution in [3.63, 3.8) is 0 Å². The molecule has 0 saturated heterocycles. The molecule has 2 N–H and O–H groups in total. The van der Waals surface area contributed by atoms with E-state index in [2.05, 4.69) is 13.8 Å². The third-order valence-corrected chi connectivity index (χ3v) is 1.72. The Balaban J connectivity index is 0.000000162. The van der Waals surface area contributed by atoms with E-state index in [0.717, 1.165) is 6.54 Å². The largest absolute Gasteiger partial charge is 0.330 e. The summed E-state index contributed by atoms with van der Waals surface area (Å²) in [5, 5.41) is 0. The molecule has 1 rings (SSSR count). The average molecular weight is 143 g/mol. The summed E-state index contributed by atoms with van der Waals surface area (Å²) < 4.78 is 0. The van der Waals surface area contributed by atoms with Crippen LogP contribution in [-0.2, 0) is 0 Å². The van der Waals surface area contributed by atoms with Crippen LogP contribution in [0.25, 0.3) is 0 Å². The zero-order valence-electron chi connectivity index (χ0n) is 7.40. The Labute approximate surface area is 65.0 Å². The van der Waals surface area contributed by atoms with Gasteiger partial charge >= 0.3 is 0 Å². The number of rotatable bonds is 1. The fraction of sp³-hybridized carbons (Fsp3) is 1.00. The number of hydrogen-bond donors (Lipinski definition) is 1. The summed E-state index contributed by atoms with van der Waals surface area (Å²) in [6.07, 6.45) is 7.50. The van der Waals surface area contributed by atoms with E-state index >= 15 is 0 Å². The highest BCUT2D eigenvalue weighted by atomic mass is 14.5. The maximum atomic E-state index is 5.17. The van der Waals surface area contributed by atoms with Crippen molar-refractivity contribution in [2.75, 3.05) is 6.54 Å². The van der Waals surface area contributed by atoms with Crippen molar-refractivity contribution in [3.05, 3.63) is 0 Å². The van der Waals surface area contributed by atoms with Crippen molar-refractivity contribution < 1.29 is 0 Å². The average Bonchev–Trinajstić information content (AvgIpc) is 2.43. The lowest BCUT2D eigenvalue weighted by molar-refractivity contribution is 0.664. The van der Waals surface area contributed by atoms with Gasteiger partial charge in [-0.15, -0.1) is 0 Å². The second kappa shape index (κ2) is 7.07. The van der Waals surface area contributed by atoms with E-state index in [4.69, 9.17) is 5.73 Å². The van der Waals surface area contributed by atoms with E-state index in [1.807, 2.05) is 0 Å². The van der Waals surface area contributed by atoms with E-state index in [0.29, 0.717) is 5.92 Å². The van der Waals surface area contributed by atoms with E-state index in [1.165, 1.54) is 32.1 Å². The molecular weight excluding hydrogens is 122 g/mol. The van der Waals surface area contributed by atoms with Gasteiger partial charge in [0.25, 0.3) is 0 Å². The fourth-order valence-electron chi connectivity index (χ4n) is 0.884. The normalized spacial score (nSPS) is 16.8. The summed E-state index contributed by atoms with van der Waals surface area (Å²) in [7, 11) is 0. The monoisotopic (exact) mass is 143 g/mol. The van der Waals surface area contributed by atoms with Crippen LogP contribution in [0.5, 0.6) is 0 Å². The molecule has 0 amide bonds. The van der Waals surface area contributed by atoms with Crippen LogP contribution in [0.3, 0.4) is 0 Å². The molecule has 1 heteroatoms. The molecule has 0 heterocycles. The molecule has 1 saturated carbocycles. The smallest absolute Gasteiger partial charge is 0.00541 e. The molecule has 1 fully saturated rings. The summed E-state index contributed by atoms with van der Waals surface area (Å²) in [6, 6.07) is 0. The Morgan fingerprint density at radius 2 is 1.20 bits per heavy atom. The summed E-state index contributed by atoms with van der Waals surface area (Å²) in [5.41, 5.74) is 5.17. The van der Waals surface area contributed by atoms with E-state index in [1.54, 1.807) is 0 Å². The van der Waals surface area contributed by atoms with Crippen LogP contribution in [0.15, 0.2) is 0 Å². The molecule has 0 aromatic carbocycles. The van der Waals surface area contributed by atoms with Crippen molar-refractivity contribution in [3.8, 4) is 0 Å². The molecule has 0 aromatic rings. The first-order chi connectivity index (χ1) is 4.77. The Morgan fingerprint density at radius 3 is 1.30 bits per heavy atom. The van der Waals surface area contributed by atoms with Crippen molar-refractivity contribution in [1.82, 2.24) is 0 Å². The molecule has 0 spiro atoms. The molecule has 0 radical (unpaired) electrons. The maximum Gasteiger partial charge on any atom is -0.00541 e. The first-order valence-corrected chi connectivity index (χ1v) is 4.47. The van der Waals surface area contributed by atoms with Crippen molar-refractivity contribution in [2.24, 2.45) is 11.7 Å². The minimum absolute atomic E-state index is 0.662. The maximum absolute atomic E-state index is 5.17. The quantitative estimate of drug-likeness (QED) is 0.600. The highest BCUT2D eigenvalue weighted by molar-refractivity contribution is 4.51. The van der Waals surface area contributed by atoms with Gasteiger partial charge in [-0.3, -0.25) is 0 Å². The molecule has 1 nitrogen and oxygen atoms in total. The molecule has 0 atom stereocenters. The minimum Gasteiger partial charge on any atom is -0.330 e. The first kappa shape index (κ1) is 9.96. The molecule has 0 unspecified atom stereocenters. The van der Waals surface area contributed by atoms with Gasteiger partial charge in [-0.1, -0.05) is 46.0 Å². The number of hydrogen-bond acceptors (Lipinski definition) is 1. The second-order valence-electron chi connectivity index (χ2n) is 3.40. The standard InChI is InChI=1S/C5H10.C4H11N/c1-2-4-5-3-1;1-4(2)3-5/h1-5H2;4H,3,5H2,1-2H3. The van der Waals surface area contributed by atoms with Crippen LogP contribution >= 0.6 is 0 Å². The van der Waals surface area contributed by atoms with Crippen LogP contribution in [0.2, 0.25) is 0 Å². The first-order valence-electron chi connectivity index (χ1n) is 4.47. The van der Waals surface area contributed by atoms with Crippen LogP contribution in [0, 0.1) is 5.92 Å². The topological polar surface area (TPSA) is 26.0 Å². The van der Waals surface area contributed by atoms with Gasteiger partial charge in [0, 0.05) is 0 Å². The van der Waals surface area contributed by atoms with Gasteiger partial charge in [-0.25, -0.2) is 0 Å². The predicted molar refractivity (Wildman–Crippen MR) is 47.0 cm³/mol. The molecule has 0 bridgehead atoms. The summed E-state index contributed by atoms with van der Waals surface area (Å²) >= 11 is 0. The van der Waals surface area contributed by atoms with E-state index in [-0.39, 0.29) is 0 Å². The lowest BCUT2D eigenvalue weighted by atomic mass is 10.2. The fourth-order valence-corrected chi connectivity index (χ4v) is 0.884. The van der Waals surface area contributed by atoms with Crippen molar-refractivity contribution >= 4 is 0 Å². The molecular formula is C9H21N. The SMILES string of the molecule is C1CCCC1.CC(C)CN. The Hall–Kier alpha value is -0.0400. The molecule has 0 aromatic heterocycles. The lowest BCUT2D eigenvalue weighted by Gasteiger charge is -1.91. The summed E-state index contributed by atoms with van der Waals surface area (Å²) in [6.45, 7) is 5.00. The zero-order valence-corrected chi connectivity index (χ0v) is 7.40. The minimum atomic E-state index is 0.662. The van der Waals surface area contributed by atoms with Gasteiger partial charge in [0.2, 0.25) is 0 Å². The molecule has 1 aliphatic rings. The zero-order chi connectivity index (χ0) is 7.82. The Morgan fingerprint density at radius 1 is 1.00 bits per heavy atom. The van der Waals surface area contributed by atoms with Gasteiger partial charge in [0.05, 0.1) is 0 Å². The molecule has 1 aliphatic carbocycles. The highest BCUT2D eigenvalue weighted by Crippen LogP contribution is 2.15. The number of nitrogens with two attached hydrogens (primary N) is 1. The van der Waals surface area contributed by atoms with Gasteiger partial charge < -0.3 is 5.73 Å². The Bertz CT molecular complexity index is 48.1. The van der Waals surface area contributed by atoms with Gasteiger partial charge in [-0.2, -0.15) is 0 Å². The third-order valence-electron chi connectivity index (χ3n) is 1.72. The lowest BCUT2D eigenvalue weighted by Crippen LogP contribution is -2.05. The van der Waals surface area contributed by atoms with Crippen molar-refractivity contribution in [1.29, 1.82) is 0 Å². The molecule has 10 heavy (non-hydrogen) atoms. The van der Waals surface area contributed by atoms with E-state index in [9.17, 15) is 0 Å². The highest BCUT2D eigenvalue weighted by Gasteiger charge is 1.95. The third kappa shape index (κ3) is 7.96. The van der Waals surface area contributed by atoms with Crippen LogP contribution in [0.4, 0.5) is 0 Å². The molecule has 0 aliphatic heterocycles. The van der Waals surface area contributed by atoms with Gasteiger partial charge in [0.15, 0.2) is 0 Å². The van der Waals surface area contributed by atoms with Crippen LogP contribution in [0.1, 0.15) is 46.0 Å². The Kier molecular flexibility index (Phi) is 7.04. The summed E-state index contributed by atoms with van der Waals surface area (Å²) in [5.74, 6) is 0.662. The predicted octanol–water partition coefficient (Wildman–Crippen LogP) is 2.55. The molecule has 62 valence electrons. The van der Waals surface area contributed by atoms with Crippen molar-refractivity contribution in [2.45, 2.75) is 46.0 Å². The van der Waals surface area contributed by atoms with Crippen LogP contribution in [-0.4, -0.2) is 6.54 Å². The van der Waals surface area contributed by atoms with Crippen LogP contribution < -0.4 is 5.73 Å².